The summed E-state index contributed by atoms with van der Waals surface area (Å²) in [5, 5.41) is 0. The molecule has 1 heterocycles. The standard InChI is InChI=1S/C21H22N2O/c1-4-8-17-13-23-19(14-22-17)18-10-5-6-11-21(18)24-20-12-7-9-15(2)16(20)3/h5-7,9-14H,4,8H2,1-3H3. The lowest BCUT2D eigenvalue weighted by Crippen LogP contribution is -1.95. The van der Waals surface area contributed by atoms with Crippen LogP contribution in [0.25, 0.3) is 11.3 Å². The molecule has 0 N–H and O–H groups in total. The van der Waals surface area contributed by atoms with Gasteiger partial charge in [-0.05, 0) is 49.6 Å². The van der Waals surface area contributed by atoms with Crippen molar-refractivity contribution in [1.29, 1.82) is 0 Å². The minimum absolute atomic E-state index is 0.795. The predicted molar refractivity (Wildman–Crippen MR) is 97.5 cm³/mol. The third-order valence-electron chi connectivity index (χ3n) is 4.15. The van der Waals surface area contributed by atoms with Gasteiger partial charge in [0.05, 0.1) is 17.6 Å². The zero-order valence-electron chi connectivity index (χ0n) is 14.4. The lowest BCUT2D eigenvalue weighted by molar-refractivity contribution is 0.480. The fourth-order valence-electron chi connectivity index (χ4n) is 2.60. The molecule has 0 aliphatic carbocycles. The number of nitrogens with zero attached hydrogens (tertiary/aromatic N) is 2. The molecule has 0 amide bonds. The molecule has 24 heavy (non-hydrogen) atoms. The van der Waals surface area contributed by atoms with Crippen LogP contribution in [-0.2, 0) is 6.42 Å². The Kier molecular flexibility index (Phi) is 4.90. The minimum atomic E-state index is 0.795. The quantitative estimate of drug-likeness (QED) is 0.622. The monoisotopic (exact) mass is 318 g/mol. The van der Waals surface area contributed by atoms with Crippen molar-refractivity contribution in [2.75, 3.05) is 0 Å². The largest absolute Gasteiger partial charge is 0.456 e. The van der Waals surface area contributed by atoms with Gasteiger partial charge in [0.2, 0.25) is 0 Å². The summed E-state index contributed by atoms with van der Waals surface area (Å²) >= 11 is 0. The molecule has 3 heteroatoms. The summed E-state index contributed by atoms with van der Waals surface area (Å²) in [6, 6.07) is 14.1. The van der Waals surface area contributed by atoms with Crippen molar-refractivity contribution in [2.24, 2.45) is 0 Å². The van der Waals surface area contributed by atoms with Crippen LogP contribution < -0.4 is 4.74 Å². The third-order valence-corrected chi connectivity index (χ3v) is 4.15. The highest BCUT2D eigenvalue weighted by atomic mass is 16.5. The fraction of sp³-hybridized carbons (Fsp3) is 0.238. The van der Waals surface area contributed by atoms with E-state index in [-0.39, 0.29) is 0 Å². The van der Waals surface area contributed by atoms with Crippen LogP contribution in [0.1, 0.15) is 30.2 Å². The molecule has 0 spiro atoms. The van der Waals surface area contributed by atoms with Crippen molar-refractivity contribution in [3.05, 3.63) is 71.7 Å². The molecule has 0 fully saturated rings. The van der Waals surface area contributed by atoms with Gasteiger partial charge in [0.25, 0.3) is 0 Å². The van der Waals surface area contributed by atoms with E-state index in [2.05, 4.69) is 36.8 Å². The molecule has 0 bridgehead atoms. The van der Waals surface area contributed by atoms with E-state index in [1.807, 2.05) is 48.8 Å². The normalized spacial score (nSPS) is 10.6. The Hall–Kier alpha value is -2.68. The summed E-state index contributed by atoms with van der Waals surface area (Å²) in [5.41, 5.74) is 5.17. The summed E-state index contributed by atoms with van der Waals surface area (Å²) < 4.78 is 6.19. The van der Waals surface area contributed by atoms with Gasteiger partial charge in [0.1, 0.15) is 11.5 Å². The average Bonchev–Trinajstić information content (AvgIpc) is 2.61. The molecular formula is C21H22N2O. The van der Waals surface area contributed by atoms with Crippen LogP contribution in [0.2, 0.25) is 0 Å². The summed E-state index contributed by atoms with van der Waals surface area (Å²) in [4.78, 5) is 9.07. The van der Waals surface area contributed by atoms with E-state index < -0.39 is 0 Å². The van der Waals surface area contributed by atoms with Crippen LogP contribution in [0.3, 0.4) is 0 Å². The highest BCUT2D eigenvalue weighted by Crippen LogP contribution is 2.33. The Labute approximate surface area is 143 Å². The van der Waals surface area contributed by atoms with Crippen LogP contribution in [0.5, 0.6) is 11.5 Å². The van der Waals surface area contributed by atoms with E-state index in [0.29, 0.717) is 0 Å². The number of hydrogen-bond acceptors (Lipinski definition) is 3. The van der Waals surface area contributed by atoms with Gasteiger partial charge >= 0.3 is 0 Å². The summed E-state index contributed by atoms with van der Waals surface area (Å²) in [5.74, 6) is 1.67. The van der Waals surface area contributed by atoms with Crippen LogP contribution in [0.4, 0.5) is 0 Å². The van der Waals surface area contributed by atoms with Crippen LogP contribution >= 0.6 is 0 Å². The van der Waals surface area contributed by atoms with Crippen molar-refractivity contribution in [2.45, 2.75) is 33.6 Å². The molecule has 2 aromatic carbocycles. The molecule has 0 aliphatic heterocycles. The van der Waals surface area contributed by atoms with Crippen LogP contribution in [-0.4, -0.2) is 9.97 Å². The molecule has 0 unspecified atom stereocenters. The maximum atomic E-state index is 6.19. The molecule has 0 aliphatic rings. The molecular weight excluding hydrogens is 296 g/mol. The molecule has 122 valence electrons. The Bertz CT molecular complexity index is 825. The zero-order chi connectivity index (χ0) is 16.9. The van der Waals surface area contributed by atoms with E-state index in [1.165, 1.54) is 5.56 Å². The minimum Gasteiger partial charge on any atom is -0.456 e. The number of hydrogen-bond donors (Lipinski definition) is 0. The molecule has 3 rings (SSSR count). The first-order valence-electron chi connectivity index (χ1n) is 8.33. The smallest absolute Gasteiger partial charge is 0.136 e. The maximum Gasteiger partial charge on any atom is 0.136 e. The molecule has 3 nitrogen and oxygen atoms in total. The van der Waals surface area contributed by atoms with Crippen molar-refractivity contribution in [3.63, 3.8) is 0 Å². The van der Waals surface area contributed by atoms with Crippen molar-refractivity contribution in [3.8, 4) is 22.8 Å². The van der Waals surface area contributed by atoms with Gasteiger partial charge in [0, 0.05) is 11.8 Å². The number of para-hydroxylation sites is 1. The predicted octanol–water partition coefficient (Wildman–Crippen LogP) is 5.51. The molecule has 1 aromatic heterocycles. The molecule has 0 radical (unpaired) electrons. The number of ether oxygens (including phenoxy) is 1. The van der Waals surface area contributed by atoms with Gasteiger partial charge in [0.15, 0.2) is 0 Å². The van der Waals surface area contributed by atoms with E-state index in [4.69, 9.17) is 4.74 Å². The SMILES string of the molecule is CCCc1cnc(-c2ccccc2Oc2cccc(C)c2C)cn1. The average molecular weight is 318 g/mol. The molecule has 0 saturated carbocycles. The van der Waals surface area contributed by atoms with Gasteiger partial charge in [-0.25, -0.2) is 0 Å². The van der Waals surface area contributed by atoms with Crippen molar-refractivity contribution in [1.82, 2.24) is 9.97 Å². The third kappa shape index (κ3) is 3.46. The van der Waals surface area contributed by atoms with Gasteiger partial charge in [-0.1, -0.05) is 37.6 Å². The number of aryl methyl sites for hydroxylation is 2. The number of benzene rings is 2. The Balaban J connectivity index is 1.94. The Morgan fingerprint density at radius 3 is 2.42 bits per heavy atom. The lowest BCUT2D eigenvalue weighted by Gasteiger charge is -2.13. The zero-order valence-corrected chi connectivity index (χ0v) is 14.4. The Morgan fingerprint density at radius 2 is 1.67 bits per heavy atom. The number of rotatable bonds is 5. The summed E-state index contributed by atoms with van der Waals surface area (Å²) in [6.07, 6.45) is 5.71. The van der Waals surface area contributed by atoms with E-state index in [9.17, 15) is 0 Å². The lowest BCUT2D eigenvalue weighted by atomic mass is 10.1. The summed E-state index contributed by atoms with van der Waals surface area (Å²) in [7, 11) is 0. The molecule has 3 aromatic rings. The highest BCUT2D eigenvalue weighted by molar-refractivity contribution is 5.67. The summed E-state index contributed by atoms with van der Waals surface area (Å²) in [6.45, 7) is 6.31. The van der Waals surface area contributed by atoms with E-state index >= 15 is 0 Å². The first kappa shape index (κ1) is 16.2. The van der Waals surface area contributed by atoms with Crippen LogP contribution in [0, 0.1) is 13.8 Å². The van der Waals surface area contributed by atoms with Crippen molar-refractivity contribution < 1.29 is 4.74 Å². The molecule has 0 atom stereocenters. The topological polar surface area (TPSA) is 35.0 Å². The first-order valence-corrected chi connectivity index (χ1v) is 8.33. The van der Waals surface area contributed by atoms with Gasteiger partial charge in [-0.15, -0.1) is 0 Å². The second-order valence-corrected chi connectivity index (χ2v) is 5.94. The van der Waals surface area contributed by atoms with E-state index in [0.717, 1.165) is 46.9 Å². The van der Waals surface area contributed by atoms with Gasteiger partial charge in [-0.2, -0.15) is 0 Å². The first-order chi connectivity index (χ1) is 11.7. The fourth-order valence-corrected chi connectivity index (χ4v) is 2.60. The van der Waals surface area contributed by atoms with E-state index in [1.54, 1.807) is 0 Å². The Morgan fingerprint density at radius 1 is 0.875 bits per heavy atom. The highest BCUT2D eigenvalue weighted by Gasteiger charge is 2.10. The molecule has 0 saturated heterocycles. The number of aromatic nitrogens is 2. The second kappa shape index (κ2) is 7.26. The van der Waals surface area contributed by atoms with Gasteiger partial charge < -0.3 is 4.74 Å². The van der Waals surface area contributed by atoms with Crippen molar-refractivity contribution >= 4 is 0 Å². The second-order valence-electron chi connectivity index (χ2n) is 5.94. The maximum absolute atomic E-state index is 6.19. The van der Waals surface area contributed by atoms with Crippen LogP contribution in [0.15, 0.2) is 54.9 Å². The van der Waals surface area contributed by atoms with Gasteiger partial charge in [-0.3, -0.25) is 9.97 Å².